The van der Waals surface area contributed by atoms with E-state index in [1.807, 2.05) is 72.8 Å². The summed E-state index contributed by atoms with van der Waals surface area (Å²) in [6.07, 6.45) is 33.1. The van der Waals surface area contributed by atoms with Crippen molar-refractivity contribution in [3.63, 3.8) is 0 Å². The van der Waals surface area contributed by atoms with Gasteiger partial charge in [-0.1, -0.05) is 152 Å². The molecule has 0 N–H and O–H groups in total. The van der Waals surface area contributed by atoms with Gasteiger partial charge in [-0.15, -0.1) is 0 Å². The summed E-state index contributed by atoms with van der Waals surface area (Å²) in [5, 5.41) is 0. The molecule has 0 aliphatic rings. The van der Waals surface area contributed by atoms with Gasteiger partial charge in [0.25, 0.3) is 0 Å². The third-order valence-corrected chi connectivity index (χ3v) is 13.3. The van der Waals surface area contributed by atoms with Gasteiger partial charge < -0.3 is 42.6 Å². The third-order valence-electron chi connectivity index (χ3n) is 13.3. The zero-order valence-electron chi connectivity index (χ0n) is 48.7. The molecule has 0 aromatic heterocycles. The first-order valence-corrected chi connectivity index (χ1v) is 29.5. The summed E-state index contributed by atoms with van der Waals surface area (Å²) in [6.45, 7) is 1.60. The van der Waals surface area contributed by atoms with Crippen LogP contribution in [0.25, 0.3) is 18.2 Å². The summed E-state index contributed by atoms with van der Waals surface area (Å²) < 4.78 is 48.3. The Kier molecular flexibility index (Phi) is 38.7. The Bertz CT molecular complexity index is 2160. The molecule has 0 spiro atoms. The monoisotopic (exact) mass is 1120 g/mol. The Morgan fingerprint density at radius 2 is 0.580 bits per heavy atom. The van der Waals surface area contributed by atoms with E-state index in [9.17, 15) is 28.8 Å². The first-order valence-electron chi connectivity index (χ1n) is 29.5. The van der Waals surface area contributed by atoms with Gasteiger partial charge in [0.15, 0.2) is 6.10 Å². The normalized spacial score (nSPS) is 11.6. The van der Waals surface area contributed by atoms with Crippen LogP contribution in [0.1, 0.15) is 190 Å². The molecule has 0 amide bonds. The number of methoxy groups -OCH3 is 3. The molecule has 3 aromatic carbocycles. The molecular weight excluding hydrogens is 1030 g/mol. The van der Waals surface area contributed by atoms with Crippen LogP contribution in [-0.4, -0.2) is 96.3 Å². The molecular formula is C66H92O15. The summed E-state index contributed by atoms with van der Waals surface area (Å²) in [4.78, 5) is 72.3. The zero-order chi connectivity index (χ0) is 58.2. The van der Waals surface area contributed by atoms with Gasteiger partial charge in [-0.3, -0.25) is 14.4 Å². The van der Waals surface area contributed by atoms with E-state index >= 15 is 0 Å². The minimum Gasteiger partial charge on any atom is -0.494 e. The van der Waals surface area contributed by atoms with Crippen LogP contribution in [0.2, 0.25) is 0 Å². The quantitative estimate of drug-likeness (QED) is 0.0225. The van der Waals surface area contributed by atoms with E-state index in [0.29, 0.717) is 39.1 Å². The smallest absolute Gasteiger partial charge is 0.330 e. The molecule has 3 aromatic rings. The van der Waals surface area contributed by atoms with Gasteiger partial charge in [0, 0.05) is 37.5 Å². The lowest BCUT2D eigenvalue weighted by atomic mass is 10.1. The Morgan fingerprint density at radius 1 is 0.333 bits per heavy atom. The van der Waals surface area contributed by atoms with Crippen molar-refractivity contribution in [2.75, 3.05) is 54.4 Å². The van der Waals surface area contributed by atoms with E-state index in [-0.39, 0.29) is 44.4 Å². The fourth-order valence-electron chi connectivity index (χ4n) is 8.47. The number of hydrogen-bond acceptors (Lipinski definition) is 15. The molecule has 15 nitrogen and oxygen atoms in total. The minimum absolute atomic E-state index is 0.161. The Hall–Kier alpha value is -6.90. The predicted molar refractivity (Wildman–Crippen MR) is 315 cm³/mol. The molecule has 0 atom stereocenters. The second-order valence-electron chi connectivity index (χ2n) is 20.0. The van der Waals surface area contributed by atoms with Crippen LogP contribution in [0.3, 0.4) is 0 Å². The van der Waals surface area contributed by atoms with E-state index in [1.54, 1.807) is 18.2 Å². The summed E-state index contributed by atoms with van der Waals surface area (Å²) in [7, 11) is 4.04. The maximum atomic E-state index is 13.0. The number of hydrogen-bond donors (Lipinski definition) is 0. The first kappa shape index (κ1) is 68.4. The van der Waals surface area contributed by atoms with Crippen LogP contribution in [0.4, 0.5) is 0 Å². The predicted octanol–water partition coefficient (Wildman–Crippen LogP) is 14.3. The highest BCUT2D eigenvalue weighted by molar-refractivity contribution is 5.88. The van der Waals surface area contributed by atoms with E-state index in [1.165, 1.54) is 39.6 Å². The van der Waals surface area contributed by atoms with Crippen LogP contribution in [0.15, 0.2) is 91.0 Å². The van der Waals surface area contributed by atoms with Crippen molar-refractivity contribution in [1.29, 1.82) is 0 Å². The highest BCUT2D eigenvalue weighted by Gasteiger charge is 2.20. The molecule has 81 heavy (non-hydrogen) atoms. The van der Waals surface area contributed by atoms with Crippen LogP contribution in [-0.2, 0) is 57.2 Å². The van der Waals surface area contributed by atoms with Crippen LogP contribution >= 0.6 is 0 Å². The third kappa shape index (κ3) is 36.9. The molecule has 446 valence electrons. The van der Waals surface area contributed by atoms with E-state index < -0.39 is 30.0 Å². The molecule has 15 heteroatoms. The summed E-state index contributed by atoms with van der Waals surface area (Å²) in [5.74, 6) is 0.0859. The van der Waals surface area contributed by atoms with E-state index in [0.717, 1.165) is 169 Å². The van der Waals surface area contributed by atoms with Crippen molar-refractivity contribution in [2.45, 2.75) is 179 Å². The fraction of sp³-hybridized carbons (Fsp3) is 0.545. The second-order valence-corrected chi connectivity index (χ2v) is 20.0. The molecule has 3 rings (SSSR count). The molecule has 0 saturated carbocycles. The number of carbonyl (C=O) groups excluding carboxylic acids is 6. The first-order chi connectivity index (χ1) is 39.6. The Morgan fingerprint density at radius 3 is 0.852 bits per heavy atom. The second kappa shape index (κ2) is 45.8. The van der Waals surface area contributed by atoms with Crippen LogP contribution in [0, 0.1) is 0 Å². The number of ether oxygens (including phenoxy) is 9. The lowest BCUT2D eigenvalue weighted by Crippen LogP contribution is -2.30. The summed E-state index contributed by atoms with van der Waals surface area (Å²) >= 11 is 0. The maximum absolute atomic E-state index is 13.0. The standard InChI is InChI=1S/C66H92O15/c1-73-61(67)46-37-54-31-40-57(41-32-54)76-49-25-19-13-7-4-10-16-22-28-64(70)79-52-60(81-66(72)30-24-18-12-6-9-15-21-27-51-78-59-44-35-56(36-45-59)39-48-63(69)75-3)53-80-65(71)29-23-17-11-5-8-14-20-26-50-77-58-42-33-55(34-43-58)38-47-62(68)74-2/h31-48,60H,4-30,49-53H2,1-3H3. The summed E-state index contributed by atoms with van der Waals surface area (Å²) in [6, 6.07) is 22.7. The topological polar surface area (TPSA) is 185 Å². The largest absolute Gasteiger partial charge is 0.494 e. The molecule has 0 aliphatic carbocycles. The highest BCUT2D eigenvalue weighted by Crippen LogP contribution is 2.19. The van der Waals surface area contributed by atoms with Gasteiger partial charge in [0.2, 0.25) is 0 Å². The van der Waals surface area contributed by atoms with Gasteiger partial charge in [0.1, 0.15) is 30.5 Å². The zero-order valence-corrected chi connectivity index (χ0v) is 48.7. The molecule has 0 heterocycles. The number of carbonyl (C=O) groups is 6. The number of rotatable bonds is 47. The number of benzene rings is 3. The van der Waals surface area contributed by atoms with Gasteiger partial charge in [-0.2, -0.15) is 0 Å². The molecule has 0 radical (unpaired) electrons. The molecule has 0 fully saturated rings. The van der Waals surface area contributed by atoms with Crippen molar-refractivity contribution in [1.82, 2.24) is 0 Å². The number of esters is 6. The van der Waals surface area contributed by atoms with Crippen molar-refractivity contribution in [3.05, 3.63) is 108 Å². The van der Waals surface area contributed by atoms with Gasteiger partial charge >= 0.3 is 35.8 Å². The molecule has 0 unspecified atom stereocenters. The minimum atomic E-state index is -0.871. The SMILES string of the molecule is COC(=O)C=Cc1ccc(OCCCCCCCCCCC(=O)OCC(COC(=O)CCCCCCCCCCOc2ccc(C=CC(=O)OC)cc2)OC(=O)CCCCCCCCCCOc2ccc(C=CC(=O)OC)cc2)cc1. The summed E-state index contributed by atoms with van der Waals surface area (Å²) in [5.41, 5.74) is 2.67. The highest BCUT2D eigenvalue weighted by atomic mass is 16.6. The molecule has 0 bridgehead atoms. The lowest BCUT2D eigenvalue weighted by molar-refractivity contribution is -0.167. The van der Waals surface area contributed by atoms with Crippen molar-refractivity contribution >= 4 is 54.0 Å². The van der Waals surface area contributed by atoms with Crippen molar-refractivity contribution in [3.8, 4) is 17.2 Å². The average Bonchev–Trinajstić information content (AvgIpc) is 3.49. The Labute approximate surface area is 482 Å². The fourth-order valence-corrected chi connectivity index (χ4v) is 8.47. The van der Waals surface area contributed by atoms with Crippen molar-refractivity contribution < 1.29 is 71.4 Å². The average molecular weight is 1130 g/mol. The number of unbranched alkanes of at least 4 members (excludes halogenated alkanes) is 21. The molecule has 0 saturated heterocycles. The van der Waals surface area contributed by atoms with Gasteiger partial charge in [-0.05, 0) is 110 Å². The molecule has 0 aliphatic heterocycles. The van der Waals surface area contributed by atoms with E-state index in [4.69, 9.17) is 28.4 Å². The van der Waals surface area contributed by atoms with E-state index in [2.05, 4.69) is 14.2 Å². The Balaban J connectivity index is 1.26. The maximum Gasteiger partial charge on any atom is 0.330 e. The van der Waals surface area contributed by atoms with Crippen LogP contribution < -0.4 is 14.2 Å². The van der Waals surface area contributed by atoms with Gasteiger partial charge in [0.05, 0.1) is 41.2 Å². The lowest BCUT2D eigenvalue weighted by Gasteiger charge is -2.18. The van der Waals surface area contributed by atoms with Crippen LogP contribution in [0.5, 0.6) is 17.2 Å². The van der Waals surface area contributed by atoms with Gasteiger partial charge in [-0.25, -0.2) is 14.4 Å². The van der Waals surface area contributed by atoms with Crippen molar-refractivity contribution in [2.24, 2.45) is 0 Å².